The minimum atomic E-state index is -4.69. The van der Waals surface area contributed by atoms with Gasteiger partial charge in [0.2, 0.25) is 0 Å². The van der Waals surface area contributed by atoms with E-state index in [2.05, 4.69) is 10.3 Å². The van der Waals surface area contributed by atoms with E-state index in [0.717, 1.165) is 6.92 Å². The van der Waals surface area contributed by atoms with E-state index in [-0.39, 0.29) is 25.0 Å². The van der Waals surface area contributed by atoms with Crippen molar-refractivity contribution in [2.45, 2.75) is 71.6 Å². The SMILES string of the molecule is Cc1c(C(F)(F)F)cnc(NC[C@@H]2[C@H](C)O[C@H](C)CN2C(=O)OC(C)(C)C)c1F. The third-order valence-corrected chi connectivity index (χ3v) is 4.52. The highest BCUT2D eigenvalue weighted by atomic mass is 19.4. The predicted molar refractivity (Wildman–Crippen MR) is 99.2 cm³/mol. The third-order valence-electron chi connectivity index (χ3n) is 4.52. The molecule has 1 aromatic rings. The van der Waals surface area contributed by atoms with Crippen LogP contribution in [0.15, 0.2) is 6.20 Å². The Labute approximate surface area is 167 Å². The fourth-order valence-corrected chi connectivity index (χ4v) is 3.16. The van der Waals surface area contributed by atoms with Gasteiger partial charge in [-0.1, -0.05) is 0 Å². The van der Waals surface area contributed by atoms with Crippen molar-refractivity contribution in [3.8, 4) is 0 Å². The zero-order valence-electron chi connectivity index (χ0n) is 17.4. The molecule has 1 fully saturated rings. The molecule has 29 heavy (non-hydrogen) atoms. The summed E-state index contributed by atoms with van der Waals surface area (Å²) in [5.74, 6) is -1.40. The zero-order valence-corrected chi connectivity index (χ0v) is 17.4. The topological polar surface area (TPSA) is 63.7 Å². The second kappa shape index (κ2) is 8.33. The molecule has 3 atom stereocenters. The first-order valence-corrected chi connectivity index (χ1v) is 9.32. The maximum Gasteiger partial charge on any atom is 0.418 e. The van der Waals surface area contributed by atoms with Gasteiger partial charge in [-0.15, -0.1) is 0 Å². The van der Waals surface area contributed by atoms with Gasteiger partial charge < -0.3 is 14.8 Å². The number of aromatic nitrogens is 1. The Balaban J connectivity index is 2.20. The predicted octanol–water partition coefficient (Wildman–Crippen LogP) is 4.37. The Hall–Kier alpha value is -2.10. The lowest BCUT2D eigenvalue weighted by molar-refractivity contribution is -0.138. The molecule has 1 N–H and O–H groups in total. The van der Waals surface area contributed by atoms with E-state index in [9.17, 15) is 22.4 Å². The highest BCUT2D eigenvalue weighted by Crippen LogP contribution is 2.33. The first kappa shape index (κ1) is 23.2. The molecule has 6 nitrogen and oxygen atoms in total. The summed E-state index contributed by atoms with van der Waals surface area (Å²) in [4.78, 5) is 17.7. The average Bonchev–Trinajstić information content (AvgIpc) is 2.54. The van der Waals surface area contributed by atoms with Crippen molar-refractivity contribution in [2.75, 3.05) is 18.4 Å². The van der Waals surface area contributed by atoms with Crippen molar-refractivity contribution < 1.29 is 31.8 Å². The van der Waals surface area contributed by atoms with Gasteiger partial charge in [0.1, 0.15) is 5.60 Å². The summed E-state index contributed by atoms with van der Waals surface area (Å²) >= 11 is 0. The number of hydrogen-bond donors (Lipinski definition) is 1. The molecule has 1 aromatic heterocycles. The number of carbonyl (C=O) groups is 1. The summed E-state index contributed by atoms with van der Waals surface area (Å²) in [6, 6.07) is -0.523. The van der Waals surface area contributed by atoms with E-state index in [0.29, 0.717) is 6.20 Å². The van der Waals surface area contributed by atoms with Gasteiger partial charge in [-0.05, 0) is 41.5 Å². The normalized spacial score (nSPS) is 23.1. The van der Waals surface area contributed by atoms with Crippen LogP contribution in [-0.2, 0) is 15.7 Å². The molecule has 1 aliphatic rings. The zero-order chi connectivity index (χ0) is 22.1. The Morgan fingerprint density at radius 3 is 2.52 bits per heavy atom. The second-order valence-corrected chi connectivity index (χ2v) is 8.19. The average molecular weight is 421 g/mol. The highest BCUT2D eigenvalue weighted by Gasteiger charge is 2.38. The van der Waals surface area contributed by atoms with Gasteiger partial charge >= 0.3 is 12.3 Å². The number of pyridine rings is 1. The van der Waals surface area contributed by atoms with Crippen LogP contribution in [-0.4, -0.2) is 52.9 Å². The number of amides is 1. The van der Waals surface area contributed by atoms with Crippen LogP contribution < -0.4 is 5.32 Å². The first-order valence-electron chi connectivity index (χ1n) is 9.32. The Kier molecular flexibility index (Phi) is 6.66. The minimum Gasteiger partial charge on any atom is -0.444 e. The maximum atomic E-state index is 14.4. The monoisotopic (exact) mass is 421 g/mol. The molecule has 2 rings (SSSR count). The van der Waals surface area contributed by atoms with Gasteiger partial charge in [-0.25, -0.2) is 14.2 Å². The molecular formula is C19H27F4N3O3. The largest absolute Gasteiger partial charge is 0.444 e. The van der Waals surface area contributed by atoms with Crippen LogP contribution in [0, 0.1) is 12.7 Å². The summed E-state index contributed by atoms with van der Waals surface area (Å²) in [5.41, 5.74) is -2.36. The van der Waals surface area contributed by atoms with Gasteiger partial charge in [0.15, 0.2) is 11.6 Å². The number of alkyl halides is 3. The first-order chi connectivity index (χ1) is 13.2. The van der Waals surface area contributed by atoms with Gasteiger partial charge in [0.25, 0.3) is 0 Å². The summed E-state index contributed by atoms with van der Waals surface area (Å²) in [7, 11) is 0. The lowest BCUT2D eigenvalue weighted by Gasteiger charge is -2.43. The van der Waals surface area contributed by atoms with Crippen molar-refractivity contribution in [3.05, 3.63) is 23.1 Å². The molecule has 0 radical (unpaired) electrons. The number of hydrogen-bond acceptors (Lipinski definition) is 5. The fraction of sp³-hybridized carbons (Fsp3) is 0.684. The van der Waals surface area contributed by atoms with E-state index in [4.69, 9.17) is 9.47 Å². The standard InChI is InChI=1S/C19H27F4N3O3/c1-10-9-26(17(27)29-18(4,5)6)14(12(3)28-10)8-25-16-15(20)11(2)13(7-24-16)19(21,22)23/h7,10,12,14H,8-9H2,1-6H3,(H,24,25)/t10-,12+,14-/m1/s1. The van der Waals surface area contributed by atoms with Crippen LogP contribution in [0.3, 0.4) is 0 Å². The number of rotatable bonds is 3. The van der Waals surface area contributed by atoms with Gasteiger partial charge in [-0.3, -0.25) is 4.90 Å². The smallest absolute Gasteiger partial charge is 0.418 e. The van der Waals surface area contributed by atoms with Crippen molar-refractivity contribution in [3.63, 3.8) is 0 Å². The summed E-state index contributed by atoms with van der Waals surface area (Å²) < 4.78 is 64.3. The van der Waals surface area contributed by atoms with E-state index in [1.807, 2.05) is 6.92 Å². The quantitative estimate of drug-likeness (QED) is 0.735. The molecule has 1 amide bonds. The molecule has 0 spiro atoms. The van der Waals surface area contributed by atoms with Gasteiger partial charge in [0, 0.05) is 18.3 Å². The van der Waals surface area contributed by atoms with Gasteiger partial charge in [-0.2, -0.15) is 13.2 Å². The number of nitrogens with one attached hydrogen (secondary N) is 1. The maximum absolute atomic E-state index is 14.4. The lowest BCUT2D eigenvalue weighted by Crippen LogP contribution is -2.58. The number of halogens is 4. The van der Waals surface area contributed by atoms with Crippen LogP contribution in [0.1, 0.15) is 45.7 Å². The Morgan fingerprint density at radius 2 is 1.97 bits per heavy atom. The number of carbonyl (C=O) groups excluding carboxylic acids is 1. The minimum absolute atomic E-state index is 0.0296. The summed E-state index contributed by atoms with van der Waals surface area (Å²) in [6.07, 6.45) is -5.26. The van der Waals surface area contributed by atoms with E-state index in [1.165, 1.54) is 4.90 Å². The van der Waals surface area contributed by atoms with Crippen molar-refractivity contribution in [1.29, 1.82) is 0 Å². The lowest BCUT2D eigenvalue weighted by atomic mass is 10.1. The molecule has 0 unspecified atom stereocenters. The summed E-state index contributed by atoms with van der Waals surface area (Å²) in [6.45, 7) is 10.2. The number of anilines is 1. The fourth-order valence-electron chi connectivity index (χ4n) is 3.16. The molecule has 10 heteroatoms. The van der Waals surface area contributed by atoms with Gasteiger partial charge in [0.05, 0.1) is 30.4 Å². The van der Waals surface area contributed by atoms with Crippen molar-refractivity contribution >= 4 is 11.9 Å². The van der Waals surface area contributed by atoms with E-state index < -0.39 is 47.0 Å². The van der Waals surface area contributed by atoms with Crippen LogP contribution in [0.2, 0.25) is 0 Å². The number of nitrogens with zero attached hydrogens (tertiary/aromatic N) is 2. The Bertz CT molecular complexity index is 749. The van der Waals surface area contributed by atoms with Crippen LogP contribution in [0.5, 0.6) is 0 Å². The molecule has 0 saturated carbocycles. The third kappa shape index (κ3) is 5.71. The van der Waals surface area contributed by atoms with Crippen LogP contribution in [0.25, 0.3) is 0 Å². The Morgan fingerprint density at radius 1 is 1.34 bits per heavy atom. The molecule has 0 bridgehead atoms. The number of ether oxygens (including phenoxy) is 2. The summed E-state index contributed by atoms with van der Waals surface area (Å²) in [5, 5.41) is 2.71. The number of morpholine rings is 1. The highest BCUT2D eigenvalue weighted by molar-refractivity contribution is 5.69. The molecule has 1 aliphatic heterocycles. The van der Waals surface area contributed by atoms with Crippen molar-refractivity contribution in [2.24, 2.45) is 0 Å². The molecule has 0 aliphatic carbocycles. The molecule has 2 heterocycles. The van der Waals surface area contributed by atoms with Crippen molar-refractivity contribution in [1.82, 2.24) is 9.88 Å². The molecule has 0 aromatic carbocycles. The second-order valence-electron chi connectivity index (χ2n) is 8.19. The van der Waals surface area contributed by atoms with E-state index in [1.54, 1.807) is 27.7 Å². The molecular weight excluding hydrogens is 394 g/mol. The van der Waals surface area contributed by atoms with E-state index >= 15 is 0 Å². The molecule has 164 valence electrons. The van der Waals surface area contributed by atoms with Crippen LogP contribution in [0.4, 0.5) is 28.2 Å². The van der Waals surface area contributed by atoms with Crippen LogP contribution >= 0.6 is 0 Å². The molecule has 1 saturated heterocycles.